The highest BCUT2D eigenvalue weighted by Gasteiger charge is 2.34. The summed E-state index contributed by atoms with van der Waals surface area (Å²) in [4.78, 5) is 16.6. The second-order valence-electron chi connectivity index (χ2n) is 9.13. The SMILES string of the molecule is O=C1NCc2c1c1c(c3[nH]c4ccc(COCC5CCCO5)cc4c23)Cc2ccccc2-1. The molecule has 3 aliphatic rings. The molecule has 0 saturated carbocycles. The lowest BCUT2D eigenvalue weighted by atomic mass is 9.92. The first-order valence-corrected chi connectivity index (χ1v) is 11.5. The molecule has 4 aromatic rings. The molecule has 160 valence electrons. The van der Waals surface area contributed by atoms with Gasteiger partial charge in [-0.1, -0.05) is 30.3 Å². The van der Waals surface area contributed by atoms with Gasteiger partial charge >= 0.3 is 0 Å². The Morgan fingerprint density at radius 1 is 1.09 bits per heavy atom. The number of fused-ring (bicyclic) bond motifs is 10. The van der Waals surface area contributed by atoms with Crippen molar-refractivity contribution < 1.29 is 14.3 Å². The van der Waals surface area contributed by atoms with Crippen molar-refractivity contribution in [2.45, 2.75) is 38.5 Å². The second kappa shape index (κ2) is 6.92. The molecule has 3 aromatic carbocycles. The molecule has 1 unspecified atom stereocenters. The van der Waals surface area contributed by atoms with Crippen LogP contribution >= 0.6 is 0 Å². The van der Waals surface area contributed by atoms with Crippen molar-refractivity contribution in [1.29, 1.82) is 0 Å². The number of rotatable bonds is 4. The number of amides is 1. The maximum atomic E-state index is 12.9. The monoisotopic (exact) mass is 424 g/mol. The number of nitrogens with one attached hydrogen (secondary N) is 2. The minimum Gasteiger partial charge on any atom is -0.376 e. The van der Waals surface area contributed by atoms with E-state index < -0.39 is 0 Å². The first-order valence-electron chi connectivity index (χ1n) is 11.5. The summed E-state index contributed by atoms with van der Waals surface area (Å²) in [6.07, 6.45) is 3.30. The van der Waals surface area contributed by atoms with Crippen molar-refractivity contribution in [2.75, 3.05) is 13.2 Å². The van der Waals surface area contributed by atoms with Gasteiger partial charge in [-0.05, 0) is 52.8 Å². The molecular formula is C27H24N2O3. The van der Waals surface area contributed by atoms with Gasteiger partial charge in [-0.25, -0.2) is 0 Å². The standard InChI is InChI=1S/C27H24N2O3/c30-27-25-21(12-28-27)24-19-10-15(13-31-14-17-5-3-9-32-17)7-8-22(19)29-26(24)20-11-16-4-1-2-6-18(16)23(20)25/h1-2,4,6-8,10,17,29H,3,5,9,11-14H2,(H,28,30). The number of hydrogen-bond donors (Lipinski definition) is 2. The maximum absolute atomic E-state index is 12.9. The molecule has 2 N–H and O–H groups in total. The first-order chi connectivity index (χ1) is 15.8. The van der Waals surface area contributed by atoms with Gasteiger partial charge in [0.1, 0.15) is 0 Å². The van der Waals surface area contributed by atoms with Crippen LogP contribution < -0.4 is 5.32 Å². The molecule has 1 aromatic heterocycles. The van der Waals surface area contributed by atoms with E-state index in [9.17, 15) is 4.79 Å². The van der Waals surface area contributed by atoms with Crippen molar-refractivity contribution >= 4 is 27.7 Å². The van der Waals surface area contributed by atoms with Crippen molar-refractivity contribution in [3.05, 3.63) is 70.3 Å². The highest BCUT2D eigenvalue weighted by molar-refractivity contribution is 6.19. The van der Waals surface area contributed by atoms with Crippen LogP contribution in [0.2, 0.25) is 0 Å². The average Bonchev–Trinajstić information content (AvgIpc) is 3.58. The zero-order valence-electron chi connectivity index (χ0n) is 17.8. The van der Waals surface area contributed by atoms with Gasteiger partial charge in [-0.15, -0.1) is 0 Å². The number of aromatic amines is 1. The molecule has 0 radical (unpaired) electrons. The average molecular weight is 425 g/mol. The second-order valence-corrected chi connectivity index (χ2v) is 9.13. The third kappa shape index (κ3) is 2.61. The molecule has 0 bridgehead atoms. The van der Waals surface area contributed by atoms with E-state index in [4.69, 9.17) is 9.47 Å². The summed E-state index contributed by atoms with van der Waals surface area (Å²) in [6, 6.07) is 15.0. The highest BCUT2D eigenvalue weighted by atomic mass is 16.5. The molecule has 1 saturated heterocycles. The van der Waals surface area contributed by atoms with Crippen molar-refractivity contribution in [2.24, 2.45) is 0 Å². The van der Waals surface area contributed by atoms with Crippen LogP contribution in [0.25, 0.3) is 32.9 Å². The highest BCUT2D eigenvalue weighted by Crippen LogP contribution is 2.47. The number of carbonyl (C=O) groups excluding carboxylic acids is 1. The Morgan fingerprint density at radius 3 is 2.94 bits per heavy atom. The fraction of sp³-hybridized carbons (Fsp3) is 0.296. The van der Waals surface area contributed by atoms with Gasteiger partial charge in [-0.2, -0.15) is 0 Å². The summed E-state index contributed by atoms with van der Waals surface area (Å²) in [5.74, 6) is 0.0419. The van der Waals surface area contributed by atoms with Crippen LogP contribution in [0.1, 0.15) is 45.5 Å². The lowest BCUT2D eigenvalue weighted by molar-refractivity contribution is 0.0106. The molecular weight excluding hydrogens is 400 g/mol. The Hall–Kier alpha value is -3.15. The van der Waals surface area contributed by atoms with Crippen LogP contribution in [0.15, 0.2) is 42.5 Å². The number of hydrogen-bond acceptors (Lipinski definition) is 3. The van der Waals surface area contributed by atoms with Crippen molar-refractivity contribution in [3.8, 4) is 11.1 Å². The zero-order valence-corrected chi connectivity index (χ0v) is 17.8. The molecule has 2 aliphatic heterocycles. The molecule has 1 atom stereocenters. The third-order valence-electron chi connectivity index (χ3n) is 7.22. The fourth-order valence-corrected chi connectivity index (χ4v) is 5.77. The van der Waals surface area contributed by atoms with Gasteiger partial charge in [0.2, 0.25) is 0 Å². The van der Waals surface area contributed by atoms with Crippen LogP contribution in [0.3, 0.4) is 0 Å². The van der Waals surface area contributed by atoms with E-state index in [1.54, 1.807) is 0 Å². The van der Waals surface area contributed by atoms with E-state index in [1.807, 2.05) is 0 Å². The van der Waals surface area contributed by atoms with Crippen LogP contribution in [-0.4, -0.2) is 30.2 Å². The summed E-state index contributed by atoms with van der Waals surface area (Å²) in [5, 5.41) is 5.43. The fourth-order valence-electron chi connectivity index (χ4n) is 5.77. The number of ether oxygens (including phenoxy) is 2. The molecule has 7 rings (SSSR count). The molecule has 32 heavy (non-hydrogen) atoms. The molecule has 5 heteroatoms. The summed E-state index contributed by atoms with van der Waals surface area (Å²) < 4.78 is 11.6. The number of carbonyl (C=O) groups is 1. The first kappa shape index (κ1) is 18.4. The summed E-state index contributed by atoms with van der Waals surface area (Å²) in [7, 11) is 0. The molecule has 1 fully saturated rings. The Morgan fingerprint density at radius 2 is 2.03 bits per heavy atom. The van der Waals surface area contributed by atoms with Gasteiger partial charge in [0.25, 0.3) is 5.91 Å². The molecule has 0 spiro atoms. The predicted octanol–water partition coefficient (Wildman–Crippen LogP) is 4.83. The van der Waals surface area contributed by atoms with Gasteiger partial charge in [-0.3, -0.25) is 4.79 Å². The van der Waals surface area contributed by atoms with Gasteiger partial charge in [0.15, 0.2) is 0 Å². The van der Waals surface area contributed by atoms with E-state index in [1.165, 1.54) is 33.0 Å². The van der Waals surface area contributed by atoms with Crippen LogP contribution in [0.4, 0.5) is 0 Å². The number of H-pyrrole nitrogens is 1. The minimum absolute atomic E-state index is 0.0419. The topological polar surface area (TPSA) is 63.4 Å². The van der Waals surface area contributed by atoms with Gasteiger partial charge in [0, 0.05) is 41.4 Å². The normalized spacial score (nSPS) is 18.9. The smallest absolute Gasteiger partial charge is 0.252 e. The molecule has 1 amide bonds. The Kier molecular flexibility index (Phi) is 3.99. The zero-order chi connectivity index (χ0) is 21.2. The van der Waals surface area contributed by atoms with Gasteiger partial charge < -0.3 is 19.8 Å². The lowest BCUT2D eigenvalue weighted by Gasteiger charge is -2.11. The largest absolute Gasteiger partial charge is 0.376 e. The maximum Gasteiger partial charge on any atom is 0.252 e. The summed E-state index contributed by atoms with van der Waals surface area (Å²) in [5.41, 5.74) is 10.2. The summed E-state index contributed by atoms with van der Waals surface area (Å²) >= 11 is 0. The van der Waals surface area contributed by atoms with Crippen molar-refractivity contribution in [1.82, 2.24) is 10.3 Å². The van der Waals surface area contributed by atoms with E-state index in [0.717, 1.165) is 53.6 Å². The quantitative estimate of drug-likeness (QED) is 0.434. The third-order valence-corrected chi connectivity index (χ3v) is 7.22. The van der Waals surface area contributed by atoms with E-state index >= 15 is 0 Å². The van der Waals surface area contributed by atoms with E-state index in [2.05, 4.69) is 52.8 Å². The summed E-state index contributed by atoms with van der Waals surface area (Å²) in [6.45, 7) is 2.64. The predicted molar refractivity (Wildman–Crippen MR) is 124 cm³/mol. The Balaban J connectivity index is 1.36. The minimum atomic E-state index is 0.0419. The number of aromatic nitrogens is 1. The van der Waals surface area contributed by atoms with Crippen LogP contribution in [0.5, 0.6) is 0 Å². The van der Waals surface area contributed by atoms with E-state index in [0.29, 0.717) is 19.8 Å². The Labute approximate surface area is 185 Å². The van der Waals surface area contributed by atoms with Crippen molar-refractivity contribution in [3.63, 3.8) is 0 Å². The Bertz CT molecular complexity index is 1410. The number of benzene rings is 3. The molecule has 1 aliphatic carbocycles. The van der Waals surface area contributed by atoms with Gasteiger partial charge in [0.05, 0.1) is 30.4 Å². The van der Waals surface area contributed by atoms with Crippen LogP contribution in [0, 0.1) is 0 Å². The molecule has 5 nitrogen and oxygen atoms in total. The molecule has 3 heterocycles. The van der Waals surface area contributed by atoms with E-state index in [-0.39, 0.29) is 12.0 Å². The lowest BCUT2D eigenvalue weighted by Crippen LogP contribution is -2.13. The van der Waals surface area contributed by atoms with Crippen LogP contribution in [-0.2, 0) is 29.0 Å².